The van der Waals surface area contributed by atoms with Crippen molar-refractivity contribution >= 4 is 73.1 Å². The van der Waals surface area contributed by atoms with Gasteiger partial charge in [-0.1, -0.05) is 31.2 Å². The number of hydrogen-bond acceptors (Lipinski definition) is 26. The van der Waals surface area contributed by atoms with Gasteiger partial charge in [0.1, 0.15) is 39.7 Å². The molecule has 19 heterocycles. The Morgan fingerprint density at radius 1 is 0.445 bits per heavy atom. The molecule has 5 aliphatic heterocycles. The smallest absolute Gasteiger partial charge is 0.258 e. The second-order valence-corrected chi connectivity index (χ2v) is 38.6. The topological polar surface area (TPSA) is 312 Å². The quantitative estimate of drug-likeness (QED) is 0.0759. The molecule has 146 heavy (non-hydrogen) atoms. The Morgan fingerprint density at radius 2 is 0.945 bits per heavy atom. The minimum absolute atomic E-state index is 0.0447. The fourth-order valence-corrected chi connectivity index (χ4v) is 19.8. The Kier molecular flexibility index (Phi) is 30.7. The van der Waals surface area contributed by atoms with Crippen LogP contribution in [0.1, 0.15) is 91.8 Å². The Balaban J connectivity index is 0.000000120. The lowest BCUT2D eigenvalue weighted by Gasteiger charge is -2.37. The summed E-state index contributed by atoms with van der Waals surface area (Å²) in [5.74, 6) is 3.85. The zero-order valence-electron chi connectivity index (χ0n) is 85.7. The molecule has 0 spiro atoms. The molecule has 33 heteroatoms. The molecule has 22 rings (SSSR count). The summed E-state index contributed by atoms with van der Waals surface area (Å²) in [6.07, 6.45) is 28.7. The zero-order chi connectivity index (χ0) is 102. The number of imidazole rings is 1. The molecule has 0 aliphatic carbocycles. The summed E-state index contributed by atoms with van der Waals surface area (Å²) in [6.45, 7) is 19.9. The molecule has 0 unspecified atom stereocenters. The number of piperazine rings is 1. The first-order valence-electron chi connectivity index (χ1n) is 49.8. The van der Waals surface area contributed by atoms with Gasteiger partial charge in [-0.3, -0.25) is 50.7 Å². The molecule has 1 atom stereocenters. The second kappa shape index (κ2) is 44.5. The van der Waals surface area contributed by atoms with E-state index in [1.54, 1.807) is 87.0 Å². The van der Waals surface area contributed by atoms with Crippen LogP contribution >= 0.6 is 0 Å². The zero-order valence-corrected chi connectivity index (χ0v) is 85.7. The molecule has 3 saturated heterocycles. The number of benzene rings is 3. The van der Waals surface area contributed by atoms with Gasteiger partial charge in [-0.25, -0.2) is 34.9 Å². The van der Waals surface area contributed by atoms with Crippen molar-refractivity contribution in [3.8, 4) is 79.3 Å². The normalized spacial score (nSPS) is 15.6. The standard InChI is InChI=1S/C25H32N4O4.C23H28N4O3.C22H23N5O.C22H21N5O.C21H23N5O/c1-17-13-20(28-9-7-19(8-10-28)27(2)11-12-30)16-29-24(31)15-21(26-25(17)29)18-5-6-22(32-3)23(14-18)33-4;1-5-16-10-18(26-9-8-24-15(2)13-26)14-27-22(28)12-19(25-23(16)27)17-6-7-20(29-3)21(11-17)30-4;1-15-12-26-13-18(4-5-20(26)23-15)19-11-22(28)27-14-17(3-6-21(27)24-19)16-7-9-25(2)10-8-16;1-25-9-7-15(8-10-25)17-4-6-21-24-19(12-22(28)27(21)14-17)16-3-5-20-18(11-16)13-23-26(20)2;1-24(2)19-6-4-16(13-22-19)18-12-21(27)26-14-17(5-7-20(26)23-18)15-8-10-25(3)11-9-15/h5-6,13-16,19,30H,7-12H2,1-4H3;6-7,10-12,14-15,24H,5,8-9,13H2,1-4H3;3-6,11-14,16H,7-10H2,1-2H3;3-7,11-14H,8-10H2,1-2H3;4-8,12-14H,9-11H2,1-3H3/t;15-;;;/m.1.../s1. The minimum Gasteiger partial charge on any atom is -0.493 e. The lowest BCUT2D eigenvalue weighted by atomic mass is 9.91. The summed E-state index contributed by atoms with van der Waals surface area (Å²) in [4.78, 5) is 113. The van der Waals surface area contributed by atoms with E-state index in [0.717, 1.165) is 206 Å². The number of aryl methyl sites for hydroxylation is 4. The van der Waals surface area contributed by atoms with Gasteiger partial charge < -0.3 is 68.1 Å². The van der Waals surface area contributed by atoms with Gasteiger partial charge >= 0.3 is 0 Å². The number of aliphatic hydroxyl groups is 1. The van der Waals surface area contributed by atoms with Gasteiger partial charge in [-0.2, -0.15) is 5.10 Å². The number of nitrogens with zero attached hydrogens (tertiary/aromatic N) is 22. The number of aliphatic hydroxyl groups excluding tert-OH is 1. The van der Waals surface area contributed by atoms with Crippen LogP contribution in [-0.2, 0) is 13.5 Å². The van der Waals surface area contributed by atoms with Crippen LogP contribution in [0.5, 0.6) is 23.0 Å². The monoisotopic (exact) mass is 1970 g/mol. The number of hydrogen-bond donors (Lipinski definition) is 2. The lowest BCUT2D eigenvalue weighted by Crippen LogP contribution is -2.49. The highest BCUT2D eigenvalue weighted by Crippen LogP contribution is 2.37. The molecule has 0 radical (unpaired) electrons. The summed E-state index contributed by atoms with van der Waals surface area (Å²) in [5, 5.41) is 18.0. The number of piperidine rings is 2. The summed E-state index contributed by atoms with van der Waals surface area (Å²) in [7, 11) is 20.6. The van der Waals surface area contributed by atoms with Crippen LogP contribution in [0.25, 0.3) is 112 Å². The van der Waals surface area contributed by atoms with Crippen molar-refractivity contribution in [2.75, 3.05) is 171 Å². The first kappa shape index (κ1) is 101. The van der Waals surface area contributed by atoms with E-state index in [1.165, 1.54) is 16.7 Å². The molecular formula is C113H127N23O10. The van der Waals surface area contributed by atoms with E-state index in [1.807, 2.05) is 196 Å². The summed E-state index contributed by atoms with van der Waals surface area (Å²) < 4.78 is 33.5. The molecule has 0 amide bonds. The highest BCUT2D eigenvalue weighted by atomic mass is 16.5. The van der Waals surface area contributed by atoms with Gasteiger partial charge in [0.25, 0.3) is 27.8 Å². The van der Waals surface area contributed by atoms with Gasteiger partial charge in [0.2, 0.25) is 0 Å². The molecule has 0 bridgehead atoms. The van der Waals surface area contributed by atoms with E-state index < -0.39 is 0 Å². The number of likely N-dealkylation sites (N-methyl/N-ethyl adjacent to an activating group) is 3. The van der Waals surface area contributed by atoms with Crippen molar-refractivity contribution in [1.82, 2.24) is 96.0 Å². The SMILES string of the molecule is CCc1cc(N2CCN[C@H](C)C2)cn2c(=O)cc(-c3ccc(OC)c(OC)c3)nc12.CN1CC=C(c2ccc3nc(-c4ccc(N(C)C)nc4)cc(=O)n3c2)CC1.CN1CC=C(c2ccc3nc(-c4ccc5c(cnn5C)c4)cc(=O)n3c2)CC1.COc1ccc(-c2cc(=O)n3cc(N4CCC(N(C)CCO)CC4)cc(C)c3n2)cc1OC.Cc1cn2cc(-c3cc(=O)n4cc(C5CCN(C)CC5)ccc4n3)ccc2n1. The van der Waals surface area contributed by atoms with Gasteiger partial charge in [-0.05, 0) is 267 Å². The number of rotatable bonds is 19. The first-order valence-corrected chi connectivity index (χ1v) is 49.8. The van der Waals surface area contributed by atoms with Crippen LogP contribution in [0.15, 0.2) is 250 Å². The van der Waals surface area contributed by atoms with Gasteiger partial charge in [-0.15, -0.1) is 0 Å². The van der Waals surface area contributed by atoms with Crippen LogP contribution < -0.4 is 66.8 Å². The molecule has 14 aromatic heterocycles. The van der Waals surface area contributed by atoms with Crippen LogP contribution in [0.4, 0.5) is 17.2 Å². The summed E-state index contributed by atoms with van der Waals surface area (Å²) >= 11 is 0. The van der Waals surface area contributed by atoms with Gasteiger partial charge in [0.15, 0.2) is 23.0 Å². The number of nitrogens with one attached hydrogen (secondary N) is 1. The molecule has 5 aliphatic rings. The Bertz CT molecular complexity index is 8090. The van der Waals surface area contributed by atoms with Crippen LogP contribution in [-0.4, -0.2) is 264 Å². The molecule has 17 aromatic rings. The lowest BCUT2D eigenvalue weighted by molar-refractivity contribution is 0.162. The van der Waals surface area contributed by atoms with Crippen molar-refractivity contribution in [3.63, 3.8) is 0 Å². The Labute approximate surface area is 846 Å². The number of fused-ring (bicyclic) bond motifs is 7. The molecule has 3 fully saturated rings. The van der Waals surface area contributed by atoms with Crippen LogP contribution in [0.3, 0.4) is 0 Å². The van der Waals surface area contributed by atoms with Crippen molar-refractivity contribution in [1.29, 1.82) is 0 Å². The number of ether oxygens (including phenoxy) is 4. The molecular weight excluding hydrogens is 1840 g/mol. The Morgan fingerprint density at radius 3 is 1.49 bits per heavy atom. The van der Waals surface area contributed by atoms with Gasteiger partial charge in [0.05, 0.1) is 92.3 Å². The average Bonchev–Trinajstić information content (AvgIpc) is 1.08. The molecule has 2 N–H and O–H groups in total. The van der Waals surface area contributed by atoms with E-state index >= 15 is 0 Å². The summed E-state index contributed by atoms with van der Waals surface area (Å²) in [6, 6.07) is 50.1. The number of methoxy groups -OCH3 is 4. The molecule has 33 nitrogen and oxygen atoms in total. The van der Waals surface area contributed by atoms with E-state index in [9.17, 15) is 29.1 Å². The number of aromatic nitrogens is 15. The number of likely N-dealkylation sites (tertiary alicyclic amines) is 1. The van der Waals surface area contributed by atoms with Crippen molar-refractivity contribution in [2.45, 2.75) is 90.6 Å². The van der Waals surface area contributed by atoms with Crippen molar-refractivity contribution in [3.05, 3.63) is 311 Å². The second-order valence-electron chi connectivity index (χ2n) is 38.6. The maximum absolute atomic E-state index is 13.1. The van der Waals surface area contributed by atoms with E-state index in [4.69, 9.17) is 38.9 Å². The van der Waals surface area contributed by atoms with E-state index in [0.29, 0.717) is 104 Å². The third-order valence-electron chi connectivity index (χ3n) is 28.3. The third kappa shape index (κ3) is 22.4. The van der Waals surface area contributed by atoms with Crippen LogP contribution in [0.2, 0.25) is 0 Å². The predicted molar refractivity (Wildman–Crippen MR) is 579 cm³/mol. The fourth-order valence-electron chi connectivity index (χ4n) is 19.8. The van der Waals surface area contributed by atoms with Crippen molar-refractivity contribution < 1.29 is 24.1 Å². The molecule has 0 saturated carbocycles. The predicted octanol–water partition coefficient (Wildman–Crippen LogP) is 14.0. The van der Waals surface area contributed by atoms with Crippen molar-refractivity contribution in [2.24, 2.45) is 7.05 Å². The van der Waals surface area contributed by atoms with Crippen LogP contribution in [0, 0.1) is 13.8 Å². The Hall–Kier alpha value is -15.4. The maximum Gasteiger partial charge on any atom is 0.258 e. The molecule has 3 aromatic carbocycles. The van der Waals surface area contributed by atoms with E-state index in [2.05, 4.69) is 139 Å². The van der Waals surface area contributed by atoms with E-state index in [-0.39, 0.29) is 34.4 Å². The first-order chi connectivity index (χ1) is 70.6. The molecule has 754 valence electrons. The number of pyridine rings is 7. The number of anilines is 3. The third-order valence-corrected chi connectivity index (χ3v) is 28.3. The summed E-state index contributed by atoms with van der Waals surface area (Å²) in [5.41, 5.74) is 23.4. The largest absolute Gasteiger partial charge is 0.493 e. The maximum atomic E-state index is 13.1. The fraction of sp³-hybridized carbons (Fsp3) is 0.336. The van der Waals surface area contributed by atoms with Gasteiger partial charge in [0, 0.05) is 212 Å². The highest BCUT2D eigenvalue weighted by Gasteiger charge is 2.27. The average molecular weight is 1970 g/mol. The highest BCUT2D eigenvalue weighted by molar-refractivity contribution is 5.84. The minimum atomic E-state index is -0.118.